The molecule has 0 spiro atoms. The van der Waals surface area contributed by atoms with Crippen molar-refractivity contribution >= 4 is 23.4 Å². The summed E-state index contributed by atoms with van der Waals surface area (Å²) in [6, 6.07) is 3.85. The third-order valence-corrected chi connectivity index (χ3v) is 9.27. The molecule has 3 N–H and O–H groups in total. The van der Waals surface area contributed by atoms with Crippen molar-refractivity contribution in [3.8, 4) is 5.75 Å². The molecule has 39 heavy (non-hydrogen) atoms. The van der Waals surface area contributed by atoms with Crippen molar-refractivity contribution in [3.63, 3.8) is 0 Å². The first-order valence-electron chi connectivity index (χ1n) is 13.9. The van der Waals surface area contributed by atoms with Gasteiger partial charge >= 0.3 is 6.61 Å². The van der Waals surface area contributed by atoms with E-state index in [0.29, 0.717) is 51.5 Å². The van der Waals surface area contributed by atoms with Crippen LogP contribution in [-0.4, -0.2) is 49.4 Å². The minimum atomic E-state index is -2.86. The number of hydrogen-bond donors (Lipinski definition) is 3. The van der Waals surface area contributed by atoms with Crippen LogP contribution >= 0.6 is 11.6 Å². The average Bonchev–Trinajstić information content (AvgIpc) is 2.90. The van der Waals surface area contributed by atoms with Crippen LogP contribution < -0.4 is 20.7 Å². The van der Waals surface area contributed by atoms with E-state index in [1.807, 2.05) is 6.92 Å². The smallest absolute Gasteiger partial charge is 0.346 e. The molecule has 0 radical (unpaired) electrons. The van der Waals surface area contributed by atoms with Gasteiger partial charge in [-0.2, -0.15) is 8.78 Å². The number of benzene rings is 1. The van der Waals surface area contributed by atoms with Crippen LogP contribution in [0.2, 0.25) is 5.02 Å². The van der Waals surface area contributed by atoms with Crippen LogP contribution in [0.5, 0.6) is 5.75 Å². The van der Waals surface area contributed by atoms with E-state index in [2.05, 4.69) is 22.9 Å². The number of carbonyl (C=O) groups is 2. The SMILES string of the molecule is CCCCC1(C)CC(NC(=O)C23CCC(NC(=O)COc4ccc(Cl)c(F)c4)(CC2)CC3)CNC1OC(F)F. The van der Waals surface area contributed by atoms with Crippen LogP contribution in [0.25, 0.3) is 0 Å². The first-order valence-corrected chi connectivity index (χ1v) is 14.2. The summed E-state index contributed by atoms with van der Waals surface area (Å²) in [7, 11) is 0. The van der Waals surface area contributed by atoms with Gasteiger partial charge in [-0.15, -0.1) is 0 Å². The van der Waals surface area contributed by atoms with Crippen LogP contribution in [0, 0.1) is 16.6 Å². The van der Waals surface area contributed by atoms with Crippen LogP contribution in [0.1, 0.15) is 78.1 Å². The summed E-state index contributed by atoms with van der Waals surface area (Å²) >= 11 is 5.68. The van der Waals surface area contributed by atoms with Gasteiger partial charge < -0.3 is 20.1 Å². The Labute approximate surface area is 232 Å². The number of carbonyl (C=O) groups excluding carboxylic acids is 2. The van der Waals surface area contributed by atoms with E-state index in [1.165, 1.54) is 12.1 Å². The lowest BCUT2D eigenvalue weighted by Gasteiger charge is -2.53. The molecule has 1 heterocycles. The predicted octanol–water partition coefficient (Wildman–Crippen LogP) is 5.31. The van der Waals surface area contributed by atoms with Crippen LogP contribution in [0.3, 0.4) is 0 Å². The van der Waals surface area contributed by atoms with Gasteiger partial charge in [-0.05, 0) is 63.5 Å². The third-order valence-electron chi connectivity index (χ3n) is 8.96. The molecule has 5 rings (SSSR count). The van der Waals surface area contributed by atoms with Crippen molar-refractivity contribution in [2.75, 3.05) is 13.2 Å². The highest BCUT2D eigenvalue weighted by molar-refractivity contribution is 6.30. The Morgan fingerprint density at radius 3 is 2.49 bits per heavy atom. The zero-order valence-electron chi connectivity index (χ0n) is 22.6. The van der Waals surface area contributed by atoms with Crippen molar-refractivity contribution in [2.45, 2.75) is 102 Å². The van der Waals surface area contributed by atoms with Gasteiger partial charge in [-0.25, -0.2) is 4.39 Å². The summed E-state index contributed by atoms with van der Waals surface area (Å²) in [6.07, 6.45) is 6.40. The summed E-state index contributed by atoms with van der Waals surface area (Å²) < 4.78 is 50.0. The lowest BCUT2D eigenvalue weighted by atomic mass is 9.56. The maximum Gasteiger partial charge on any atom is 0.346 e. The number of ether oxygens (including phenoxy) is 2. The minimum absolute atomic E-state index is 0.00749. The average molecular weight is 574 g/mol. The molecular weight excluding hydrogens is 535 g/mol. The maximum absolute atomic E-state index is 13.6. The van der Waals surface area contributed by atoms with Gasteiger partial charge in [-0.3, -0.25) is 14.9 Å². The predicted molar refractivity (Wildman–Crippen MR) is 141 cm³/mol. The molecule has 3 atom stereocenters. The number of unbranched alkanes of at least 4 members (excludes halogenated alkanes) is 1. The zero-order chi connectivity index (χ0) is 28.3. The molecule has 1 aromatic carbocycles. The molecule has 1 aromatic rings. The highest BCUT2D eigenvalue weighted by atomic mass is 35.5. The maximum atomic E-state index is 13.6. The molecule has 218 valence electrons. The fraction of sp³-hybridized carbons (Fsp3) is 0.714. The molecule has 4 fully saturated rings. The lowest BCUT2D eigenvalue weighted by molar-refractivity contribution is -0.212. The van der Waals surface area contributed by atoms with Gasteiger partial charge in [0.2, 0.25) is 5.91 Å². The van der Waals surface area contributed by atoms with E-state index in [1.54, 1.807) is 0 Å². The summed E-state index contributed by atoms with van der Waals surface area (Å²) in [5.41, 5.74) is -1.38. The number of nitrogens with one attached hydrogen (secondary N) is 3. The molecule has 4 aliphatic rings. The van der Waals surface area contributed by atoms with E-state index in [9.17, 15) is 22.8 Å². The third kappa shape index (κ3) is 7.00. The topological polar surface area (TPSA) is 88.7 Å². The number of alkyl halides is 2. The second-order valence-corrected chi connectivity index (χ2v) is 12.2. The van der Waals surface area contributed by atoms with E-state index < -0.39 is 29.5 Å². The van der Waals surface area contributed by atoms with Gasteiger partial charge in [0.1, 0.15) is 17.8 Å². The van der Waals surface area contributed by atoms with Crippen molar-refractivity contribution < 1.29 is 32.2 Å². The molecule has 7 nitrogen and oxygen atoms in total. The Morgan fingerprint density at radius 2 is 1.87 bits per heavy atom. The zero-order valence-corrected chi connectivity index (χ0v) is 23.4. The quantitative estimate of drug-likeness (QED) is 0.334. The Kier molecular flexibility index (Phi) is 9.38. The number of piperidine rings is 1. The molecule has 1 saturated heterocycles. The first kappa shape index (κ1) is 29.9. The van der Waals surface area contributed by atoms with Crippen molar-refractivity contribution in [3.05, 3.63) is 29.0 Å². The van der Waals surface area contributed by atoms with Crippen LogP contribution in [0.15, 0.2) is 18.2 Å². The molecule has 3 saturated carbocycles. The second-order valence-electron chi connectivity index (χ2n) is 11.8. The number of fused-ring (bicyclic) bond motifs is 3. The van der Waals surface area contributed by atoms with E-state index >= 15 is 0 Å². The summed E-state index contributed by atoms with van der Waals surface area (Å²) in [4.78, 5) is 26.2. The molecule has 11 heteroatoms. The Balaban J connectivity index is 1.29. The summed E-state index contributed by atoms with van der Waals surface area (Å²) in [5.74, 6) is -0.668. The van der Waals surface area contributed by atoms with E-state index in [-0.39, 0.29) is 40.8 Å². The number of hydrogen-bond acceptors (Lipinski definition) is 5. The van der Waals surface area contributed by atoms with Crippen molar-refractivity contribution in [1.82, 2.24) is 16.0 Å². The van der Waals surface area contributed by atoms with E-state index in [4.69, 9.17) is 21.1 Å². The molecule has 3 unspecified atom stereocenters. The number of amides is 2. The summed E-state index contributed by atoms with van der Waals surface area (Å²) in [5, 5.41) is 9.41. The lowest BCUT2D eigenvalue weighted by Crippen LogP contribution is -2.63. The Hall–Kier alpha value is -2.04. The number of halogens is 4. The highest BCUT2D eigenvalue weighted by Gasteiger charge is 2.53. The molecular formula is C28H39ClF3N3O4. The Morgan fingerprint density at radius 1 is 1.18 bits per heavy atom. The minimum Gasteiger partial charge on any atom is -0.484 e. The van der Waals surface area contributed by atoms with Gasteiger partial charge in [0.15, 0.2) is 6.61 Å². The van der Waals surface area contributed by atoms with Crippen LogP contribution in [-0.2, 0) is 14.3 Å². The molecule has 3 aliphatic carbocycles. The Bertz CT molecular complexity index is 1020. The van der Waals surface area contributed by atoms with Crippen LogP contribution in [0.4, 0.5) is 13.2 Å². The normalized spacial score (nSPS) is 32.2. The largest absolute Gasteiger partial charge is 0.484 e. The van der Waals surface area contributed by atoms with Crippen molar-refractivity contribution in [2.24, 2.45) is 10.8 Å². The highest BCUT2D eigenvalue weighted by Crippen LogP contribution is 2.52. The second kappa shape index (κ2) is 12.2. The monoisotopic (exact) mass is 573 g/mol. The molecule has 0 aromatic heterocycles. The number of rotatable bonds is 11. The van der Waals surface area contributed by atoms with Gasteiger partial charge in [-0.1, -0.05) is 38.3 Å². The first-order chi connectivity index (χ1) is 18.5. The van der Waals surface area contributed by atoms with Gasteiger partial charge in [0.25, 0.3) is 5.91 Å². The van der Waals surface area contributed by atoms with Crippen molar-refractivity contribution in [1.29, 1.82) is 0 Å². The summed E-state index contributed by atoms with van der Waals surface area (Å²) in [6.45, 7) is 1.29. The fourth-order valence-electron chi connectivity index (χ4n) is 6.57. The van der Waals surface area contributed by atoms with Gasteiger partial charge in [0, 0.05) is 35.0 Å². The van der Waals surface area contributed by atoms with Gasteiger partial charge in [0.05, 0.1) is 5.02 Å². The molecule has 1 aliphatic heterocycles. The molecule has 2 bridgehead atoms. The standard InChI is InChI=1S/C28H39ClF3N3O4/c1-3-4-7-26(2)15-18(16-33-24(26)39-25(31)32)34-23(37)27-8-11-28(12-9-27,13-10-27)35-22(36)17-38-19-5-6-20(29)21(30)14-19/h5-6,14,18,24-25,33H,3-4,7-13,15-17H2,1-2H3,(H,34,37)(H,35,36). The van der Waals surface area contributed by atoms with E-state index in [0.717, 1.165) is 25.3 Å². The molecule has 2 amide bonds. The fourth-order valence-corrected chi connectivity index (χ4v) is 6.69.